The third-order valence-electron chi connectivity index (χ3n) is 3.85. The molecule has 0 spiro atoms. The molecule has 0 aliphatic heterocycles. The van der Waals surface area contributed by atoms with E-state index < -0.39 is 5.97 Å². The van der Waals surface area contributed by atoms with Crippen LogP contribution in [0.25, 0.3) is 5.57 Å². The number of methoxy groups -OCH3 is 2. The van der Waals surface area contributed by atoms with Crippen LogP contribution in [0.15, 0.2) is 36.4 Å². The maximum Gasteiger partial charge on any atom is 0.307 e. The predicted octanol–water partition coefficient (Wildman–Crippen LogP) is 3.33. The topological polar surface area (TPSA) is 96.2 Å². The summed E-state index contributed by atoms with van der Waals surface area (Å²) < 4.78 is 10.3. The number of hydrogen-bond acceptors (Lipinski definition) is 5. The van der Waals surface area contributed by atoms with Gasteiger partial charge in [-0.15, -0.1) is 0 Å². The summed E-state index contributed by atoms with van der Waals surface area (Å²) in [7, 11) is 2.70. The molecule has 0 radical (unpaired) electrons. The standard InChI is InChI=1S/C19H20O6/c1-11-15(17(23)19(25-3)18(24-2)16(11)22)13(9-10-14(20)21)12-7-5-4-6-8-12/h4-9,22-23H,10H2,1-3H3,(H,20,21)/b13-9+. The van der Waals surface area contributed by atoms with E-state index in [1.807, 2.05) is 6.07 Å². The smallest absolute Gasteiger partial charge is 0.307 e. The quantitative estimate of drug-likeness (QED) is 0.696. The van der Waals surface area contributed by atoms with Crippen molar-refractivity contribution < 1.29 is 29.6 Å². The molecule has 0 saturated carbocycles. The number of carboxylic acid groups (broad SMARTS) is 1. The Bertz CT molecular complexity index is 809. The van der Waals surface area contributed by atoms with Gasteiger partial charge >= 0.3 is 5.97 Å². The molecule has 0 aliphatic carbocycles. The second kappa shape index (κ2) is 7.61. The molecular formula is C19H20O6. The minimum atomic E-state index is -1.00. The molecule has 132 valence electrons. The molecule has 6 heteroatoms. The minimum absolute atomic E-state index is 0.0160. The number of hydrogen-bond donors (Lipinski definition) is 3. The van der Waals surface area contributed by atoms with E-state index in [-0.39, 0.29) is 29.4 Å². The van der Waals surface area contributed by atoms with Crippen LogP contribution < -0.4 is 9.47 Å². The van der Waals surface area contributed by atoms with Crippen LogP contribution in [0.4, 0.5) is 0 Å². The first-order valence-electron chi connectivity index (χ1n) is 7.56. The highest BCUT2D eigenvalue weighted by atomic mass is 16.5. The molecular weight excluding hydrogens is 324 g/mol. The minimum Gasteiger partial charge on any atom is -0.504 e. The normalized spacial score (nSPS) is 11.2. The summed E-state index contributed by atoms with van der Waals surface area (Å²) >= 11 is 0. The predicted molar refractivity (Wildman–Crippen MR) is 93.4 cm³/mol. The average Bonchev–Trinajstić information content (AvgIpc) is 2.61. The van der Waals surface area contributed by atoms with E-state index in [0.29, 0.717) is 22.3 Å². The summed E-state index contributed by atoms with van der Waals surface area (Å²) in [6, 6.07) is 9.02. The summed E-state index contributed by atoms with van der Waals surface area (Å²) in [5, 5.41) is 30.2. The van der Waals surface area contributed by atoms with Crippen molar-refractivity contribution in [3.8, 4) is 23.0 Å². The lowest BCUT2D eigenvalue weighted by molar-refractivity contribution is -0.135. The molecule has 0 aromatic heterocycles. The van der Waals surface area contributed by atoms with Crippen LogP contribution in [0.2, 0.25) is 0 Å². The summed E-state index contributed by atoms with van der Waals surface area (Å²) in [5.41, 5.74) is 1.83. The summed E-state index contributed by atoms with van der Waals surface area (Å²) in [6.45, 7) is 1.61. The van der Waals surface area contributed by atoms with Gasteiger partial charge in [0.05, 0.1) is 20.6 Å². The first-order valence-corrected chi connectivity index (χ1v) is 7.56. The average molecular weight is 344 g/mol. The molecule has 0 saturated heterocycles. The zero-order valence-electron chi connectivity index (χ0n) is 14.2. The Hall–Kier alpha value is -3.15. The lowest BCUT2D eigenvalue weighted by atomic mass is 9.91. The van der Waals surface area contributed by atoms with E-state index >= 15 is 0 Å². The van der Waals surface area contributed by atoms with E-state index in [1.54, 1.807) is 31.2 Å². The van der Waals surface area contributed by atoms with Gasteiger partial charge in [0.15, 0.2) is 11.5 Å². The molecule has 2 aromatic rings. The van der Waals surface area contributed by atoms with Gasteiger partial charge in [-0.3, -0.25) is 4.79 Å². The fraction of sp³-hybridized carbons (Fsp3) is 0.211. The number of carboxylic acids is 1. The van der Waals surface area contributed by atoms with Gasteiger partial charge in [0.25, 0.3) is 0 Å². The SMILES string of the molecule is COc1c(O)c(C)c(/C(=C/CC(=O)O)c2ccccc2)c(O)c1OC. The van der Waals surface area contributed by atoms with Crippen molar-refractivity contribution >= 4 is 11.5 Å². The van der Waals surface area contributed by atoms with E-state index in [0.717, 1.165) is 0 Å². The van der Waals surface area contributed by atoms with Crippen LogP contribution in [0.1, 0.15) is 23.1 Å². The van der Waals surface area contributed by atoms with Crippen molar-refractivity contribution in [2.45, 2.75) is 13.3 Å². The monoisotopic (exact) mass is 344 g/mol. The Morgan fingerprint density at radius 1 is 1.04 bits per heavy atom. The van der Waals surface area contributed by atoms with Crippen LogP contribution in [-0.2, 0) is 4.79 Å². The lowest BCUT2D eigenvalue weighted by Crippen LogP contribution is -2.00. The Morgan fingerprint density at radius 3 is 2.12 bits per heavy atom. The molecule has 0 fully saturated rings. The number of rotatable bonds is 6. The van der Waals surface area contributed by atoms with Gasteiger partial charge in [0.2, 0.25) is 11.5 Å². The van der Waals surface area contributed by atoms with Crippen molar-refractivity contribution in [2.75, 3.05) is 14.2 Å². The van der Waals surface area contributed by atoms with Crippen molar-refractivity contribution in [3.05, 3.63) is 53.1 Å². The second-order valence-electron chi connectivity index (χ2n) is 5.35. The van der Waals surface area contributed by atoms with Gasteiger partial charge in [-0.1, -0.05) is 36.4 Å². The zero-order valence-corrected chi connectivity index (χ0v) is 14.2. The lowest BCUT2D eigenvalue weighted by Gasteiger charge is -2.19. The van der Waals surface area contributed by atoms with Gasteiger partial charge in [-0.25, -0.2) is 0 Å². The van der Waals surface area contributed by atoms with Crippen LogP contribution in [0.3, 0.4) is 0 Å². The molecule has 2 aromatic carbocycles. The van der Waals surface area contributed by atoms with Gasteiger partial charge in [-0.05, 0) is 18.1 Å². The van der Waals surface area contributed by atoms with Crippen LogP contribution in [0.5, 0.6) is 23.0 Å². The number of benzene rings is 2. The Balaban J connectivity index is 2.80. The van der Waals surface area contributed by atoms with Gasteiger partial charge < -0.3 is 24.8 Å². The van der Waals surface area contributed by atoms with Crippen LogP contribution >= 0.6 is 0 Å². The molecule has 0 heterocycles. The van der Waals surface area contributed by atoms with Crippen molar-refractivity contribution in [1.29, 1.82) is 0 Å². The fourth-order valence-electron chi connectivity index (χ4n) is 2.67. The Morgan fingerprint density at radius 2 is 1.60 bits per heavy atom. The molecule has 0 unspecified atom stereocenters. The summed E-state index contributed by atoms with van der Waals surface area (Å²) in [4.78, 5) is 11.0. The Kier molecular flexibility index (Phi) is 5.54. The second-order valence-corrected chi connectivity index (χ2v) is 5.35. The third kappa shape index (κ3) is 3.52. The van der Waals surface area contributed by atoms with Crippen molar-refractivity contribution in [2.24, 2.45) is 0 Å². The van der Waals surface area contributed by atoms with Crippen LogP contribution in [-0.4, -0.2) is 35.5 Å². The number of carbonyl (C=O) groups is 1. The molecule has 0 aliphatic rings. The summed E-state index contributed by atoms with van der Waals surface area (Å²) in [5.74, 6) is -1.40. The number of aliphatic carboxylic acids is 1. The molecule has 0 atom stereocenters. The number of phenolic OH excluding ortho intramolecular Hbond substituents is 2. The highest BCUT2D eigenvalue weighted by Crippen LogP contribution is 2.51. The van der Waals surface area contributed by atoms with Crippen LogP contribution in [0, 0.1) is 6.92 Å². The van der Waals surface area contributed by atoms with E-state index in [9.17, 15) is 15.0 Å². The fourth-order valence-corrected chi connectivity index (χ4v) is 2.67. The molecule has 0 bridgehead atoms. The van der Waals surface area contributed by atoms with Gasteiger partial charge in [0, 0.05) is 11.1 Å². The molecule has 3 N–H and O–H groups in total. The largest absolute Gasteiger partial charge is 0.504 e. The van der Waals surface area contributed by atoms with Gasteiger partial charge in [-0.2, -0.15) is 0 Å². The number of phenols is 2. The van der Waals surface area contributed by atoms with Crippen molar-refractivity contribution in [3.63, 3.8) is 0 Å². The highest BCUT2D eigenvalue weighted by molar-refractivity contribution is 5.89. The Labute approximate surface area is 145 Å². The molecule has 6 nitrogen and oxygen atoms in total. The number of aromatic hydroxyl groups is 2. The van der Waals surface area contributed by atoms with Gasteiger partial charge in [0.1, 0.15) is 0 Å². The molecule has 25 heavy (non-hydrogen) atoms. The van der Waals surface area contributed by atoms with E-state index in [4.69, 9.17) is 14.6 Å². The highest BCUT2D eigenvalue weighted by Gasteiger charge is 2.25. The number of ether oxygens (including phenoxy) is 2. The van der Waals surface area contributed by atoms with Crippen molar-refractivity contribution in [1.82, 2.24) is 0 Å². The molecule has 2 rings (SSSR count). The molecule has 0 amide bonds. The van der Waals surface area contributed by atoms with E-state index in [2.05, 4.69) is 0 Å². The third-order valence-corrected chi connectivity index (χ3v) is 3.85. The maximum atomic E-state index is 11.0. The summed E-state index contributed by atoms with van der Waals surface area (Å²) in [6.07, 6.45) is 1.25. The van der Waals surface area contributed by atoms with E-state index in [1.165, 1.54) is 20.3 Å². The first-order chi connectivity index (χ1) is 11.9. The first kappa shape index (κ1) is 18.2. The zero-order chi connectivity index (χ0) is 18.6. The maximum absolute atomic E-state index is 11.0.